The molecule has 1 aromatic heterocycles. The molecule has 0 bridgehead atoms. The first kappa shape index (κ1) is 15.0. The van der Waals surface area contributed by atoms with Gasteiger partial charge in [0.15, 0.2) is 5.78 Å². The molecule has 1 heterocycles. The molecule has 1 unspecified atom stereocenters. The Morgan fingerprint density at radius 1 is 1.16 bits per heavy atom. The molecule has 0 N–H and O–H groups in total. The topological polar surface area (TPSA) is 73.3 Å². The van der Waals surface area contributed by atoms with Crippen molar-refractivity contribution >= 4 is 17.5 Å². The number of hydrogen-bond donors (Lipinski definition) is 0. The molecule has 0 aliphatic carbocycles. The standard InChI is InChI=1S/C14H17NO4/c1-7-6-8(2)11(15-10(7)4)12(16)9(3)13(17)14(18)19-5/h6,9H,1-5H3. The van der Waals surface area contributed by atoms with Gasteiger partial charge in [-0.25, -0.2) is 9.78 Å². The van der Waals surface area contributed by atoms with E-state index in [2.05, 4.69) is 9.72 Å². The van der Waals surface area contributed by atoms with Crippen molar-refractivity contribution in [2.45, 2.75) is 27.7 Å². The van der Waals surface area contributed by atoms with Gasteiger partial charge in [-0.05, 0) is 38.8 Å². The minimum absolute atomic E-state index is 0.229. The second kappa shape index (κ2) is 5.73. The van der Waals surface area contributed by atoms with E-state index in [9.17, 15) is 14.4 Å². The zero-order valence-corrected chi connectivity index (χ0v) is 11.7. The minimum Gasteiger partial charge on any atom is -0.463 e. The first-order valence-corrected chi connectivity index (χ1v) is 5.90. The molecule has 0 aliphatic rings. The van der Waals surface area contributed by atoms with E-state index >= 15 is 0 Å². The van der Waals surface area contributed by atoms with Crippen molar-refractivity contribution < 1.29 is 19.1 Å². The molecule has 5 heteroatoms. The third-order valence-electron chi connectivity index (χ3n) is 3.06. The Bertz CT molecular complexity index is 549. The van der Waals surface area contributed by atoms with Gasteiger partial charge in [0, 0.05) is 5.69 Å². The molecule has 0 spiro atoms. The number of nitrogens with zero attached hydrogens (tertiary/aromatic N) is 1. The fourth-order valence-electron chi connectivity index (χ4n) is 1.69. The molecule has 0 saturated carbocycles. The molecule has 0 aromatic carbocycles. The van der Waals surface area contributed by atoms with Gasteiger partial charge in [-0.1, -0.05) is 6.07 Å². The summed E-state index contributed by atoms with van der Waals surface area (Å²) in [6.07, 6.45) is 0. The van der Waals surface area contributed by atoms with E-state index in [-0.39, 0.29) is 5.69 Å². The van der Waals surface area contributed by atoms with Crippen molar-refractivity contribution in [3.63, 3.8) is 0 Å². The molecule has 0 aliphatic heterocycles. The Hall–Kier alpha value is -2.04. The van der Waals surface area contributed by atoms with E-state index in [0.29, 0.717) is 5.56 Å². The molecule has 1 aromatic rings. The number of ether oxygens (including phenoxy) is 1. The predicted octanol–water partition coefficient (Wildman–Crippen LogP) is 1.57. The van der Waals surface area contributed by atoms with Crippen molar-refractivity contribution in [2.24, 2.45) is 5.92 Å². The van der Waals surface area contributed by atoms with Gasteiger partial charge in [-0.3, -0.25) is 9.59 Å². The summed E-state index contributed by atoms with van der Waals surface area (Å²) < 4.78 is 4.33. The number of esters is 1. The number of hydrogen-bond acceptors (Lipinski definition) is 5. The highest BCUT2D eigenvalue weighted by Crippen LogP contribution is 2.16. The van der Waals surface area contributed by atoms with Gasteiger partial charge in [0.25, 0.3) is 5.78 Å². The van der Waals surface area contributed by atoms with Crippen molar-refractivity contribution in [3.8, 4) is 0 Å². The van der Waals surface area contributed by atoms with Crippen LogP contribution in [0, 0.1) is 26.7 Å². The fraction of sp³-hybridized carbons (Fsp3) is 0.429. The molecule has 0 saturated heterocycles. The van der Waals surface area contributed by atoms with E-state index < -0.39 is 23.5 Å². The van der Waals surface area contributed by atoms with Crippen LogP contribution < -0.4 is 0 Å². The van der Waals surface area contributed by atoms with Gasteiger partial charge in [-0.2, -0.15) is 0 Å². The van der Waals surface area contributed by atoms with Gasteiger partial charge in [-0.15, -0.1) is 0 Å². The Morgan fingerprint density at radius 3 is 2.26 bits per heavy atom. The van der Waals surface area contributed by atoms with Gasteiger partial charge < -0.3 is 4.74 Å². The molecule has 0 amide bonds. The van der Waals surface area contributed by atoms with Gasteiger partial charge in [0.1, 0.15) is 5.69 Å². The number of methoxy groups -OCH3 is 1. The number of carbonyl (C=O) groups excluding carboxylic acids is 3. The maximum absolute atomic E-state index is 12.2. The SMILES string of the molecule is COC(=O)C(=O)C(C)C(=O)c1nc(C)c(C)cc1C. The second-order valence-corrected chi connectivity index (χ2v) is 4.50. The summed E-state index contributed by atoms with van der Waals surface area (Å²) in [6.45, 7) is 6.82. The van der Waals surface area contributed by atoms with Crippen molar-refractivity contribution in [1.82, 2.24) is 4.98 Å². The molecule has 0 fully saturated rings. The lowest BCUT2D eigenvalue weighted by Crippen LogP contribution is -2.30. The Labute approximate surface area is 112 Å². The first-order chi connectivity index (χ1) is 8.79. The molecule has 0 radical (unpaired) electrons. The van der Waals surface area contributed by atoms with Gasteiger partial charge >= 0.3 is 5.97 Å². The number of aromatic nitrogens is 1. The first-order valence-electron chi connectivity index (χ1n) is 5.90. The Kier molecular flexibility index (Phi) is 4.53. The second-order valence-electron chi connectivity index (χ2n) is 4.50. The van der Waals surface area contributed by atoms with Crippen LogP contribution in [-0.4, -0.2) is 29.6 Å². The van der Waals surface area contributed by atoms with Gasteiger partial charge in [0.2, 0.25) is 0 Å². The number of pyridine rings is 1. The third kappa shape index (κ3) is 3.05. The number of ketones is 2. The van der Waals surface area contributed by atoms with Crippen molar-refractivity contribution in [1.29, 1.82) is 0 Å². The summed E-state index contributed by atoms with van der Waals surface area (Å²) in [5.41, 5.74) is 2.62. The predicted molar refractivity (Wildman–Crippen MR) is 69.0 cm³/mol. The number of aryl methyl sites for hydroxylation is 3. The fourth-order valence-corrected chi connectivity index (χ4v) is 1.69. The van der Waals surface area contributed by atoms with E-state index in [1.165, 1.54) is 6.92 Å². The van der Waals surface area contributed by atoms with Crippen LogP contribution >= 0.6 is 0 Å². The summed E-state index contributed by atoms with van der Waals surface area (Å²) in [7, 11) is 1.11. The summed E-state index contributed by atoms with van der Waals surface area (Å²) in [5.74, 6) is -3.41. The highest BCUT2D eigenvalue weighted by molar-refractivity contribution is 6.39. The van der Waals surface area contributed by atoms with Crippen LogP contribution in [0.4, 0.5) is 0 Å². The maximum atomic E-state index is 12.2. The lowest BCUT2D eigenvalue weighted by Gasteiger charge is -2.11. The highest BCUT2D eigenvalue weighted by atomic mass is 16.5. The zero-order chi connectivity index (χ0) is 14.7. The lowest BCUT2D eigenvalue weighted by atomic mass is 9.95. The van der Waals surface area contributed by atoms with Crippen LogP contribution in [0.5, 0.6) is 0 Å². The summed E-state index contributed by atoms with van der Waals surface area (Å²) in [4.78, 5) is 39.2. The van der Waals surface area contributed by atoms with E-state index in [1.54, 1.807) is 13.8 Å². The highest BCUT2D eigenvalue weighted by Gasteiger charge is 2.30. The van der Waals surface area contributed by atoms with Crippen LogP contribution in [0.25, 0.3) is 0 Å². The van der Waals surface area contributed by atoms with E-state index in [4.69, 9.17) is 0 Å². The molecular weight excluding hydrogens is 246 g/mol. The average molecular weight is 263 g/mol. The lowest BCUT2D eigenvalue weighted by molar-refractivity contribution is -0.152. The number of carbonyl (C=O) groups is 3. The number of Topliss-reactive ketones (excluding diaryl/α,β-unsaturated/α-hetero) is 2. The molecule has 1 rings (SSSR count). The average Bonchev–Trinajstić information content (AvgIpc) is 2.39. The number of rotatable bonds is 4. The van der Waals surface area contributed by atoms with Crippen molar-refractivity contribution in [2.75, 3.05) is 7.11 Å². The zero-order valence-electron chi connectivity index (χ0n) is 11.7. The summed E-state index contributed by atoms with van der Waals surface area (Å²) in [6, 6.07) is 1.84. The van der Waals surface area contributed by atoms with Crippen LogP contribution in [0.15, 0.2) is 6.07 Å². The van der Waals surface area contributed by atoms with Crippen LogP contribution in [-0.2, 0) is 14.3 Å². The normalized spacial score (nSPS) is 11.8. The molecular formula is C14H17NO4. The minimum atomic E-state index is -1.08. The maximum Gasteiger partial charge on any atom is 0.375 e. The smallest absolute Gasteiger partial charge is 0.375 e. The Balaban J connectivity index is 3.11. The van der Waals surface area contributed by atoms with Crippen LogP contribution in [0.3, 0.4) is 0 Å². The third-order valence-corrected chi connectivity index (χ3v) is 3.06. The largest absolute Gasteiger partial charge is 0.463 e. The monoisotopic (exact) mass is 263 g/mol. The Morgan fingerprint density at radius 2 is 1.74 bits per heavy atom. The molecule has 102 valence electrons. The van der Waals surface area contributed by atoms with Crippen LogP contribution in [0.2, 0.25) is 0 Å². The van der Waals surface area contributed by atoms with Gasteiger partial charge in [0.05, 0.1) is 13.0 Å². The molecule has 1 atom stereocenters. The quantitative estimate of drug-likeness (QED) is 0.357. The molecule has 19 heavy (non-hydrogen) atoms. The molecule has 5 nitrogen and oxygen atoms in total. The van der Waals surface area contributed by atoms with Crippen molar-refractivity contribution in [3.05, 3.63) is 28.6 Å². The van der Waals surface area contributed by atoms with E-state index in [0.717, 1.165) is 18.4 Å². The summed E-state index contributed by atoms with van der Waals surface area (Å²) >= 11 is 0. The summed E-state index contributed by atoms with van der Waals surface area (Å²) in [5, 5.41) is 0. The van der Waals surface area contributed by atoms with E-state index in [1.807, 2.05) is 13.0 Å². The van der Waals surface area contributed by atoms with Crippen LogP contribution in [0.1, 0.15) is 34.2 Å².